The highest BCUT2D eigenvalue weighted by atomic mass is 79.9. The van der Waals surface area contributed by atoms with Crippen LogP contribution in [0.4, 0.5) is 0 Å². The van der Waals surface area contributed by atoms with Gasteiger partial charge in [-0.05, 0) is 28.9 Å². The number of aromatic nitrogens is 2. The molecular formula is C12H8BrN3O2. The summed E-state index contributed by atoms with van der Waals surface area (Å²) in [5, 5.41) is 9.35. The van der Waals surface area contributed by atoms with E-state index in [-0.39, 0.29) is 22.6 Å². The van der Waals surface area contributed by atoms with Gasteiger partial charge in [0.2, 0.25) is 0 Å². The predicted octanol–water partition coefficient (Wildman–Crippen LogP) is 1.77. The maximum absolute atomic E-state index is 11.9. The van der Waals surface area contributed by atoms with Gasteiger partial charge in [-0.1, -0.05) is 0 Å². The predicted molar refractivity (Wildman–Crippen MR) is 69.4 cm³/mol. The summed E-state index contributed by atoms with van der Waals surface area (Å²) in [4.78, 5) is 27.5. The van der Waals surface area contributed by atoms with Crippen molar-refractivity contribution >= 4 is 32.6 Å². The first kappa shape index (κ1) is 12.5. The topological polar surface area (TPSA) is 75.8 Å². The number of pyridine rings is 2. The highest BCUT2D eigenvalue weighted by Crippen LogP contribution is 2.22. The van der Waals surface area contributed by atoms with Crippen LogP contribution < -0.4 is 5.56 Å². The average Bonchev–Trinajstić information content (AvgIpc) is 2.33. The molecule has 0 N–H and O–H groups in total. The second-order valence-corrected chi connectivity index (χ2v) is 4.70. The first-order valence-electron chi connectivity index (χ1n) is 5.06. The molecule has 0 bridgehead atoms. The van der Waals surface area contributed by atoms with Crippen molar-refractivity contribution in [3.05, 3.63) is 38.3 Å². The van der Waals surface area contributed by atoms with E-state index in [2.05, 4.69) is 20.9 Å². The Hall–Kier alpha value is -2.00. The third kappa shape index (κ3) is 1.83. The van der Waals surface area contributed by atoms with Crippen molar-refractivity contribution in [2.45, 2.75) is 6.92 Å². The molecule has 0 atom stereocenters. The van der Waals surface area contributed by atoms with Crippen LogP contribution in [0.2, 0.25) is 0 Å². The van der Waals surface area contributed by atoms with Gasteiger partial charge in [0.25, 0.3) is 5.56 Å². The number of halogens is 1. The quantitative estimate of drug-likeness (QED) is 0.752. The molecule has 2 heterocycles. The normalized spacial score (nSPS) is 10.3. The van der Waals surface area contributed by atoms with Gasteiger partial charge in [-0.3, -0.25) is 9.59 Å². The van der Waals surface area contributed by atoms with Crippen molar-refractivity contribution in [2.75, 3.05) is 0 Å². The molecule has 0 unspecified atom stereocenters. The number of hydrogen-bond acceptors (Lipinski definition) is 4. The van der Waals surface area contributed by atoms with Gasteiger partial charge in [0.05, 0.1) is 4.47 Å². The van der Waals surface area contributed by atoms with Gasteiger partial charge in [-0.2, -0.15) is 5.26 Å². The minimum absolute atomic E-state index is 0.125. The number of aryl methyl sites for hydroxylation is 1. The van der Waals surface area contributed by atoms with Crippen LogP contribution in [0.3, 0.4) is 0 Å². The smallest absolute Gasteiger partial charge is 0.276 e. The number of carbonyl (C=O) groups is 1. The van der Waals surface area contributed by atoms with Crippen LogP contribution in [0, 0.1) is 11.3 Å². The second kappa shape index (κ2) is 4.35. The molecule has 90 valence electrons. The van der Waals surface area contributed by atoms with Crippen LogP contribution in [0.15, 0.2) is 21.5 Å². The molecule has 0 saturated heterocycles. The van der Waals surface area contributed by atoms with Gasteiger partial charge in [-0.25, -0.2) is 4.98 Å². The number of Topliss-reactive ketones (excluding diaryl/α,β-unsaturated/α-hetero) is 1. The Balaban J connectivity index is 3.05. The molecule has 0 fully saturated rings. The van der Waals surface area contributed by atoms with Crippen molar-refractivity contribution in [1.82, 2.24) is 9.55 Å². The maximum Gasteiger partial charge on any atom is 0.276 e. The third-order valence-corrected chi connectivity index (χ3v) is 3.20. The molecule has 0 radical (unpaired) electrons. The standard InChI is InChI=1S/C12H8BrN3O2/c1-6(17)8-5-16(2)12(18)11-7(8)3-9(13)10(4-14)15-11/h3,5H,1-2H3. The minimum Gasteiger partial charge on any atom is -0.316 e. The van der Waals surface area contributed by atoms with E-state index < -0.39 is 0 Å². The number of fused-ring (bicyclic) bond motifs is 1. The van der Waals surface area contributed by atoms with Crippen molar-refractivity contribution in [1.29, 1.82) is 5.26 Å². The van der Waals surface area contributed by atoms with Crippen LogP contribution >= 0.6 is 15.9 Å². The Morgan fingerprint density at radius 3 is 2.78 bits per heavy atom. The first-order chi connectivity index (χ1) is 8.45. The minimum atomic E-state index is -0.334. The Bertz CT molecular complexity index is 771. The van der Waals surface area contributed by atoms with Gasteiger partial charge in [-0.15, -0.1) is 0 Å². The fourth-order valence-corrected chi connectivity index (χ4v) is 2.11. The Morgan fingerprint density at radius 2 is 2.22 bits per heavy atom. The average molecular weight is 306 g/mol. The zero-order valence-electron chi connectivity index (χ0n) is 9.69. The van der Waals surface area contributed by atoms with Gasteiger partial charge < -0.3 is 4.57 Å². The molecule has 5 nitrogen and oxygen atoms in total. The molecule has 0 spiro atoms. The molecule has 18 heavy (non-hydrogen) atoms. The second-order valence-electron chi connectivity index (χ2n) is 3.84. The van der Waals surface area contributed by atoms with Crippen molar-refractivity contribution in [3.8, 4) is 6.07 Å². The third-order valence-electron chi connectivity index (χ3n) is 2.60. The van der Waals surface area contributed by atoms with Crippen LogP contribution in [-0.2, 0) is 7.05 Å². The zero-order valence-corrected chi connectivity index (χ0v) is 11.3. The maximum atomic E-state index is 11.9. The lowest BCUT2D eigenvalue weighted by Gasteiger charge is -2.07. The summed E-state index contributed by atoms with van der Waals surface area (Å²) >= 11 is 3.20. The monoisotopic (exact) mass is 305 g/mol. The lowest BCUT2D eigenvalue weighted by atomic mass is 10.1. The molecular weight excluding hydrogens is 298 g/mol. The summed E-state index contributed by atoms with van der Waals surface area (Å²) < 4.78 is 1.76. The largest absolute Gasteiger partial charge is 0.316 e. The van der Waals surface area contributed by atoms with E-state index in [1.807, 2.05) is 6.07 Å². The zero-order chi connectivity index (χ0) is 13.4. The molecule has 0 aliphatic rings. The number of ketones is 1. The lowest BCUT2D eigenvalue weighted by molar-refractivity contribution is 0.101. The van der Waals surface area contributed by atoms with Crippen molar-refractivity contribution in [3.63, 3.8) is 0 Å². The Morgan fingerprint density at radius 1 is 1.56 bits per heavy atom. The summed E-state index contributed by atoms with van der Waals surface area (Å²) in [5.74, 6) is -0.158. The molecule has 6 heteroatoms. The van der Waals surface area contributed by atoms with Gasteiger partial charge in [0, 0.05) is 24.2 Å². The van der Waals surface area contributed by atoms with E-state index in [9.17, 15) is 9.59 Å². The molecule has 2 aromatic heterocycles. The molecule has 2 rings (SSSR count). The van der Waals surface area contributed by atoms with Gasteiger partial charge >= 0.3 is 0 Å². The summed E-state index contributed by atoms with van der Waals surface area (Å²) in [6, 6.07) is 3.47. The molecule has 0 amide bonds. The summed E-state index contributed by atoms with van der Waals surface area (Å²) in [6.45, 7) is 1.42. The van der Waals surface area contributed by atoms with E-state index in [0.717, 1.165) is 0 Å². The highest BCUT2D eigenvalue weighted by molar-refractivity contribution is 9.10. The molecule has 0 saturated carbocycles. The van der Waals surface area contributed by atoms with E-state index in [1.165, 1.54) is 17.7 Å². The fourth-order valence-electron chi connectivity index (χ4n) is 1.71. The van der Waals surface area contributed by atoms with Crippen LogP contribution in [0.5, 0.6) is 0 Å². The Labute approximate surface area is 111 Å². The van der Waals surface area contributed by atoms with Crippen LogP contribution in [0.25, 0.3) is 10.9 Å². The molecule has 0 aromatic carbocycles. The number of rotatable bonds is 1. The van der Waals surface area contributed by atoms with E-state index in [4.69, 9.17) is 5.26 Å². The molecule has 0 aliphatic carbocycles. The molecule has 2 aromatic rings. The highest BCUT2D eigenvalue weighted by Gasteiger charge is 2.14. The fraction of sp³-hybridized carbons (Fsp3) is 0.167. The van der Waals surface area contributed by atoms with E-state index in [0.29, 0.717) is 15.4 Å². The van der Waals surface area contributed by atoms with Gasteiger partial charge in [0.1, 0.15) is 11.6 Å². The first-order valence-corrected chi connectivity index (χ1v) is 5.86. The van der Waals surface area contributed by atoms with Crippen LogP contribution in [-0.4, -0.2) is 15.3 Å². The van der Waals surface area contributed by atoms with Gasteiger partial charge in [0.15, 0.2) is 11.5 Å². The lowest BCUT2D eigenvalue weighted by Crippen LogP contribution is -2.20. The Kier molecular flexibility index (Phi) is 3.01. The number of nitrogens with zero attached hydrogens (tertiary/aromatic N) is 3. The summed E-state index contributed by atoms with van der Waals surface area (Å²) in [6.07, 6.45) is 1.48. The molecule has 0 aliphatic heterocycles. The number of nitriles is 1. The van der Waals surface area contributed by atoms with Crippen LogP contribution in [0.1, 0.15) is 23.0 Å². The number of hydrogen-bond donors (Lipinski definition) is 0. The number of carbonyl (C=O) groups excluding carboxylic acids is 1. The summed E-state index contributed by atoms with van der Waals surface area (Å²) in [5.41, 5.74) is 0.328. The summed E-state index contributed by atoms with van der Waals surface area (Å²) in [7, 11) is 1.55. The van der Waals surface area contributed by atoms with Crippen molar-refractivity contribution < 1.29 is 4.79 Å². The SMILES string of the molecule is CC(=O)c1cn(C)c(=O)c2nc(C#N)c(Br)cc12. The van der Waals surface area contributed by atoms with Crippen molar-refractivity contribution in [2.24, 2.45) is 7.05 Å². The van der Waals surface area contributed by atoms with E-state index in [1.54, 1.807) is 13.1 Å². The van der Waals surface area contributed by atoms with E-state index >= 15 is 0 Å².